The van der Waals surface area contributed by atoms with Crippen LogP contribution in [0.4, 0.5) is 0 Å². The molecule has 1 aromatic heterocycles. The molecule has 8 rings (SSSR count). The van der Waals surface area contributed by atoms with Crippen molar-refractivity contribution in [3.8, 4) is 11.1 Å². The minimum absolute atomic E-state index is 0.458. The summed E-state index contributed by atoms with van der Waals surface area (Å²) in [5.74, 6) is 0.458. The van der Waals surface area contributed by atoms with Gasteiger partial charge in [-0.05, 0) is 66.4 Å². The Hall–Kier alpha value is -6.40. The molecule has 0 aliphatic heterocycles. The molecule has 0 fully saturated rings. The van der Waals surface area contributed by atoms with E-state index in [1.54, 1.807) is 0 Å². The Morgan fingerprint density at radius 3 is 1.81 bits per heavy atom. The molecule has 0 spiro atoms. The molecule has 1 heterocycles. The number of thiophene rings is 1. The average Bonchev–Trinajstić information content (AvgIpc) is 3.61. The summed E-state index contributed by atoms with van der Waals surface area (Å²) in [4.78, 5) is 4.86. The van der Waals surface area contributed by atoms with E-state index in [4.69, 9.17) is 16.1 Å². The topological polar surface area (TPSA) is 88.2 Å². The van der Waals surface area contributed by atoms with E-state index in [0.717, 1.165) is 28.0 Å². The molecule has 266 valence electrons. The Morgan fingerprint density at radius 2 is 1.11 bits per heavy atom. The van der Waals surface area contributed by atoms with Crippen LogP contribution in [-0.2, 0) is 6.42 Å². The minimum atomic E-state index is 0.458. The molecule has 0 atom stereocenters. The predicted octanol–water partition coefficient (Wildman–Crippen LogP) is 11.7. The van der Waals surface area contributed by atoms with Crippen LogP contribution in [0.5, 0.6) is 0 Å². The first kappa shape index (κ1) is 37.4. The zero-order valence-corrected chi connectivity index (χ0v) is 31.4. The van der Waals surface area contributed by atoms with Crippen molar-refractivity contribution in [3.63, 3.8) is 0 Å². The van der Waals surface area contributed by atoms with Crippen LogP contribution in [-0.4, -0.2) is 18.6 Å². The Balaban J connectivity index is 0.000000257. The molecule has 0 radical (unpaired) electrons. The second-order valence-electron chi connectivity index (χ2n) is 12.6. The molecule has 0 amide bonds. The number of rotatable bonds is 8. The Morgan fingerprint density at radius 1 is 0.556 bits per heavy atom. The fraction of sp³-hybridized carbons (Fsp3) is 0.0612. The molecule has 0 aliphatic carbocycles. The van der Waals surface area contributed by atoms with E-state index in [0.29, 0.717) is 18.0 Å². The van der Waals surface area contributed by atoms with Crippen molar-refractivity contribution in [1.29, 1.82) is 5.41 Å². The fourth-order valence-electron chi connectivity index (χ4n) is 6.15. The molecule has 8 aromatic rings. The largest absolute Gasteiger partial charge is 0.383 e. The van der Waals surface area contributed by atoms with Crippen molar-refractivity contribution < 1.29 is 0 Å². The van der Waals surface area contributed by atoms with Crippen molar-refractivity contribution in [2.45, 2.75) is 13.3 Å². The molecule has 0 unspecified atom stereocenters. The number of benzene rings is 7. The van der Waals surface area contributed by atoms with Gasteiger partial charge in [0.2, 0.25) is 0 Å². The third kappa shape index (κ3) is 9.33. The number of nitrogens with two attached hydrogens (primary N) is 2. The third-order valence-electron chi connectivity index (χ3n) is 8.95. The summed E-state index contributed by atoms with van der Waals surface area (Å²) in [6.45, 7) is 2.14. The number of nitrogens with one attached hydrogen (secondary N) is 1. The number of allylic oxidation sites excluding steroid dienone is 1. The van der Waals surface area contributed by atoms with Crippen LogP contribution in [0.2, 0.25) is 0 Å². The van der Waals surface area contributed by atoms with Gasteiger partial charge in [-0.1, -0.05) is 170 Å². The molecular formula is C49H44N4S. The lowest BCUT2D eigenvalue weighted by Crippen LogP contribution is -2.13. The van der Waals surface area contributed by atoms with Crippen molar-refractivity contribution in [2.75, 3.05) is 7.05 Å². The van der Waals surface area contributed by atoms with Crippen LogP contribution in [0.1, 0.15) is 33.4 Å². The fourth-order valence-corrected chi connectivity index (χ4v) is 7.35. The van der Waals surface area contributed by atoms with Gasteiger partial charge in [0, 0.05) is 36.9 Å². The Kier molecular flexibility index (Phi) is 12.7. The van der Waals surface area contributed by atoms with E-state index in [-0.39, 0.29) is 0 Å². The lowest BCUT2D eigenvalue weighted by molar-refractivity contribution is 1.26. The summed E-state index contributed by atoms with van der Waals surface area (Å²) in [7, 11) is 1.50. The van der Waals surface area contributed by atoms with E-state index < -0.39 is 0 Å². The van der Waals surface area contributed by atoms with Crippen molar-refractivity contribution in [3.05, 3.63) is 221 Å². The Labute approximate surface area is 322 Å². The van der Waals surface area contributed by atoms with Crippen LogP contribution in [0, 0.1) is 12.3 Å². The van der Waals surface area contributed by atoms with Crippen molar-refractivity contribution in [2.24, 2.45) is 16.5 Å². The van der Waals surface area contributed by atoms with Crippen molar-refractivity contribution in [1.82, 2.24) is 0 Å². The molecule has 0 saturated carbocycles. The first-order valence-corrected chi connectivity index (χ1v) is 18.8. The monoisotopic (exact) mass is 720 g/mol. The zero-order chi connectivity index (χ0) is 37.7. The van der Waals surface area contributed by atoms with Gasteiger partial charge in [-0.25, -0.2) is 4.99 Å². The number of amidine groups is 1. The second kappa shape index (κ2) is 18.4. The van der Waals surface area contributed by atoms with Gasteiger partial charge in [0.15, 0.2) is 0 Å². The van der Waals surface area contributed by atoms with Gasteiger partial charge in [0.25, 0.3) is 0 Å². The summed E-state index contributed by atoms with van der Waals surface area (Å²) < 4.78 is 2.78. The number of aryl methyl sites for hydroxylation is 1. The highest BCUT2D eigenvalue weighted by molar-refractivity contribution is 7.25. The number of aliphatic imine (C=N–C) groups is 1. The summed E-state index contributed by atoms with van der Waals surface area (Å²) >= 11 is 1.88. The van der Waals surface area contributed by atoms with Crippen LogP contribution in [0.25, 0.3) is 37.0 Å². The molecule has 54 heavy (non-hydrogen) atoms. The molecule has 0 aliphatic rings. The molecule has 0 bridgehead atoms. The standard InChI is InChI=1S/C35H29N3.C13H10S.CH5N/c36-34(29-13-6-2-7-14-29)32-18-10-17-31(25-32)33(38-35(37)30-15-8-3-9-16-30)24-21-26-19-22-28(23-20-26)27-11-4-1-5-12-27;1-9-6-7-11-10-4-2-3-5-12(10)14-13(11)8-9;1-2/h1-20,22-25,36H,21H2,(H2,37,38);2-8H,1H3;2H2,1H3/b33-24-,36-34?;;. The zero-order valence-electron chi connectivity index (χ0n) is 30.6. The smallest absolute Gasteiger partial charge is 0.131 e. The van der Waals surface area contributed by atoms with Gasteiger partial charge in [-0.2, -0.15) is 0 Å². The number of hydrogen-bond acceptors (Lipinski definition) is 4. The van der Waals surface area contributed by atoms with Gasteiger partial charge < -0.3 is 11.5 Å². The quantitative estimate of drug-likeness (QED) is 0.108. The number of nitrogens with zero attached hydrogens (tertiary/aromatic N) is 1. The average molecular weight is 721 g/mol. The molecule has 0 saturated heterocycles. The first-order chi connectivity index (χ1) is 26.5. The highest BCUT2D eigenvalue weighted by Gasteiger charge is 2.09. The lowest BCUT2D eigenvalue weighted by atomic mass is 9.98. The number of hydrogen-bond donors (Lipinski definition) is 3. The van der Waals surface area contributed by atoms with E-state index >= 15 is 0 Å². The van der Waals surface area contributed by atoms with Crippen molar-refractivity contribution >= 4 is 48.8 Å². The normalized spacial score (nSPS) is 11.3. The van der Waals surface area contributed by atoms with Gasteiger partial charge in [0.05, 0.1) is 11.4 Å². The van der Waals surface area contributed by atoms with E-state index in [9.17, 15) is 0 Å². The predicted molar refractivity (Wildman–Crippen MR) is 234 cm³/mol. The van der Waals surface area contributed by atoms with Gasteiger partial charge in [-0.3, -0.25) is 5.41 Å². The minimum Gasteiger partial charge on any atom is -0.383 e. The highest BCUT2D eigenvalue weighted by Crippen LogP contribution is 2.34. The molecule has 4 nitrogen and oxygen atoms in total. The van der Waals surface area contributed by atoms with E-state index in [1.165, 1.54) is 49.5 Å². The summed E-state index contributed by atoms with van der Waals surface area (Å²) in [5, 5.41) is 11.5. The molecule has 5 N–H and O–H groups in total. The van der Waals surface area contributed by atoms with Crippen LogP contribution in [0.15, 0.2) is 193 Å². The van der Waals surface area contributed by atoms with Gasteiger partial charge in [-0.15, -0.1) is 11.3 Å². The summed E-state index contributed by atoms with van der Waals surface area (Å²) in [6, 6.07) is 61.8. The first-order valence-electron chi connectivity index (χ1n) is 18.0. The lowest BCUT2D eigenvalue weighted by Gasteiger charge is -2.10. The van der Waals surface area contributed by atoms with E-state index in [1.807, 2.05) is 102 Å². The Bertz CT molecular complexity index is 2500. The number of fused-ring (bicyclic) bond motifs is 3. The summed E-state index contributed by atoms with van der Waals surface area (Å²) in [5.41, 5.74) is 20.6. The molecule has 5 heteroatoms. The second-order valence-corrected chi connectivity index (χ2v) is 13.7. The maximum atomic E-state index is 8.73. The summed E-state index contributed by atoms with van der Waals surface area (Å²) in [6.07, 6.45) is 2.81. The van der Waals surface area contributed by atoms with E-state index in [2.05, 4.69) is 110 Å². The van der Waals surface area contributed by atoms with Crippen LogP contribution < -0.4 is 11.5 Å². The SMILES string of the molecule is CN.Cc1ccc2c(c1)sc1ccccc12.N=C(c1ccccc1)c1cccc(/C(=C/Cc2ccc(-c3ccccc3)cc2)N=C(N)c2ccccc2)c1. The third-order valence-corrected chi connectivity index (χ3v) is 10.1. The van der Waals surface area contributed by atoms with Gasteiger partial charge in [0.1, 0.15) is 5.84 Å². The highest BCUT2D eigenvalue weighted by atomic mass is 32.1. The van der Waals surface area contributed by atoms with Gasteiger partial charge >= 0.3 is 0 Å². The maximum Gasteiger partial charge on any atom is 0.131 e. The van der Waals surface area contributed by atoms with Crippen LogP contribution in [0.3, 0.4) is 0 Å². The van der Waals surface area contributed by atoms with Crippen LogP contribution >= 0.6 is 11.3 Å². The molecule has 7 aromatic carbocycles. The molecular weight excluding hydrogens is 677 g/mol. The maximum absolute atomic E-state index is 8.73.